The fourth-order valence-electron chi connectivity index (χ4n) is 0.946. The van der Waals surface area contributed by atoms with E-state index >= 15 is 0 Å². The molecule has 14 nitrogen and oxygen atoms in total. The van der Waals surface area contributed by atoms with Gasteiger partial charge in [0.05, 0.1) is 7.05 Å². The third kappa shape index (κ3) is 2.11. The van der Waals surface area contributed by atoms with Crippen LogP contribution in [0.25, 0.3) is 0 Å². The molecule has 0 bridgehead atoms. The van der Waals surface area contributed by atoms with Gasteiger partial charge in [-0.05, 0) is 5.21 Å². The summed E-state index contributed by atoms with van der Waals surface area (Å²) >= 11 is 0. The summed E-state index contributed by atoms with van der Waals surface area (Å²) in [6.07, 6.45) is 0. The highest BCUT2D eigenvalue weighted by molar-refractivity contribution is 5.19. The van der Waals surface area contributed by atoms with Crippen molar-refractivity contribution >= 4 is 5.95 Å². The van der Waals surface area contributed by atoms with Crippen molar-refractivity contribution in [1.82, 2.24) is 20.2 Å². The van der Waals surface area contributed by atoms with Gasteiger partial charge in [0.25, 0.3) is 5.95 Å². The van der Waals surface area contributed by atoms with Crippen molar-refractivity contribution in [2.24, 2.45) is 7.05 Å². The van der Waals surface area contributed by atoms with Gasteiger partial charge >= 0.3 is 5.79 Å². The summed E-state index contributed by atoms with van der Waals surface area (Å²) in [7, 11) is 1.37. The van der Waals surface area contributed by atoms with Gasteiger partial charge in [0, 0.05) is 0 Å². The van der Waals surface area contributed by atoms with Crippen molar-refractivity contribution in [1.29, 1.82) is 0 Å². The first-order valence-electron chi connectivity index (χ1n) is 4.22. The Hall–Kier alpha value is -2.93. The van der Waals surface area contributed by atoms with Crippen LogP contribution in [0.2, 0.25) is 0 Å². The zero-order chi connectivity index (χ0) is 13.9. The number of hydrogen-bond donors (Lipinski definition) is 1. The molecule has 0 atom stereocenters. The van der Waals surface area contributed by atoms with Crippen LogP contribution >= 0.6 is 0 Å². The van der Waals surface area contributed by atoms with Crippen LogP contribution in [0.3, 0.4) is 0 Å². The zero-order valence-corrected chi connectivity index (χ0v) is 8.79. The largest absolute Gasteiger partial charge is 0.717 e. The van der Waals surface area contributed by atoms with Gasteiger partial charge in [-0.3, -0.25) is 30.3 Å². The van der Waals surface area contributed by atoms with E-state index in [0.29, 0.717) is 0 Å². The number of aryl methyl sites for hydroxylation is 1. The van der Waals surface area contributed by atoms with Crippen LogP contribution in [0.5, 0.6) is 0 Å². The Morgan fingerprint density at radius 1 is 1.22 bits per heavy atom. The molecule has 0 radical (unpaired) electrons. The molecule has 0 aliphatic carbocycles. The van der Waals surface area contributed by atoms with Crippen molar-refractivity contribution in [3.8, 4) is 0 Å². The lowest BCUT2D eigenvalue weighted by Crippen LogP contribution is -2.58. The van der Waals surface area contributed by atoms with Gasteiger partial charge in [0.15, 0.2) is 14.8 Å². The SMILES string of the molecule is Cn1nnc(NCC([N+](=O)[O-])([N+](=O)[O-])[N+](=O)[O-])n1. The molecule has 0 saturated heterocycles. The molecule has 1 rings (SSSR count). The van der Waals surface area contributed by atoms with Gasteiger partial charge in [-0.2, -0.15) is 4.80 Å². The van der Waals surface area contributed by atoms with Gasteiger partial charge in [0.1, 0.15) is 0 Å². The maximum absolute atomic E-state index is 10.6. The maximum atomic E-state index is 10.6. The molecule has 0 spiro atoms. The highest BCUT2D eigenvalue weighted by Gasteiger charge is 2.70. The highest BCUT2D eigenvalue weighted by atomic mass is 16.7. The molecule has 0 aliphatic heterocycles. The standard InChI is InChI=1S/C4H6N8O6/c1-9-7-3(6-8-9)5-2-4(10(13)14,11(15)16)12(17)18/h2H2,1H3,(H,5,7). The Bertz CT molecular complexity index is 459. The molecule has 0 saturated carbocycles. The molecule has 0 aliphatic rings. The smallest absolute Gasteiger partial charge is 0.331 e. The molecule has 1 aromatic rings. The van der Waals surface area contributed by atoms with E-state index in [2.05, 4.69) is 15.4 Å². The third-order valence-corrected chi connectivity index (χ3v) is 1.87. The van der Waals surface area contributed by atoms with E-state index in [-0.39, 0.29) is 5.95 Å². The number of hydrogen-bond acceptors (Lipinski definition) is 10. The number of nitrogens with zero attached hydrogens (tertiary/aromatic N) is 7. The number of nitrogens with one attached hydrogen (secondary N) is 1. The number of aromatic nitrogens is 4. The van der Waals surface area contributed by atoms with E-state index in [4.69, 9.17) is 0 Å². The van der Waals surface area contributed by atoms with E-state index < -0.39 is 27.1 Å². The molecule has 0 amide bonds. The predicted molar refractivity (Wildman–Crippen MR) is 51.0 cm³/mol. The van der Waals surface area contributed by atoms with Gasteiger partial charge < -0.3 is 5.32 Å². The fourth-order valence-corrected chi connectivity index (χ4v) is 0.946. The summed E-state index contributed by atoms with van der Waals surface area (Å²) in [5.41, 5.74) is 0. The average Bonchev–Trinajstić information content (AvgIpc) is 2.63. The van der Waals surface area contributed by atoms with Crippen LogP contribution in [-0.2, 0) is 7.05 Å². The quantitative estimate of drug-likeness (QED) is 0.344. The molecule has 18 heavy (non-hydrogen) atoms. The Morgan fingerprint density at radius 2 is 1.72 bits per heavy atom. The van der Waals surface area contributed by atoms with Crippen LogP contribution < -0.4 is 5.32 Å². The fraction of sp³-hybridized carbons (Fsp3) is 0.750. The molecule has 0 aromatic carbocycles. The monoisotopic (exact) mass is 262 g/mol. The second-order valence-corrected chi connectivity index (χ2v) is 3.00. The van der Waals surface area contributed by atoms with E-state index in [1.807, 2.05) is 5.32 Å². The lowest BCUT2D eigenvalue weighted by atomic mass is 10.4. The highest BCUT2D eigenvalue weighted by Crippen LogP contribution is 2.12. The lowest BCUT2D eigenvalue weighted by molar-refractivity contribution is -0.965. The molecular formula is C4H6N8O6. The van der Waals surface area contributed by atoms with Gasteiger partial charge in [-0.1, -0.05) is 5.10 Å². The van der Waals surface area contributed by atoms with Crippen LogP contribution in [0.1, 0.15) is 0 Å². The summed E-state index contributed by atoms with van der Waals surface area (Å²) in [6, 6.07) is 0. The summed E-state index contributed by atoms with van der Waals surface area (Å²) in [5, 5.41) is 43.8. The van der Waals surface area contributed by atoms with Crippen LogP contribution in [0.15, 0.2) is 0 Å². The first kappa shape index (κ1) is 13.1. The number of nitro groups is 3. The normalized spacial score (nSPS) is 10.9. The van der Waals surface area contributed by atoms with E-state index in [1.54, 1.807) is 0 Å². The van der Waals surface area contributed by atoms with E-state index in [1.165, 1.54) is 7.05 Å². The van der Waals surface area contributed by atoms with E-state index in [0.717, 1.165) is 4.80 Å². The second kappa shape index (κ2) is 4.52. The predicted octanol–water partition coefficient (Wildman–Crippen LogP) is -1.89. The number of rotatable bonds is 6. The summed E-state index contributed by atoms with van der Waals surface area (Å²) < 4.78 is 0. The summed E-state index contributed by atoms with van der Waals surface area (Å²) in [5.74, 6) is -3.90. The Morgan fingerprint density at radius 3 is 2.06 bits per heavy atom. The van der Waals surface area contributed by atoms with Crippen LogP contribution in [-0.4, -0.2) is 47.3 Å². The third-order valence-electron chi connectivity index (χ3n) is 1.87. The minimum absolute atomic E-state index is 0.299. The maximum Gasteiger partial charge on any atom is 0.717 e. The van der Waals surface area contributed by atoms with Crippen molar-refractivity contribution in [3.63, 3.8) is 0 Å². The average molecular weight is 262 g/mol. The minimum atomic E-state index is -3.60. The van der Waals surface area contributed by atoms with E-state index in [9.17, 15) is 30.3 Å². The van der Waals surface area contributed by atoms with Gasteiger partial charge in [-0.25, -0.2) is 0 Å². The molecular weight excluding hydrogens is 256 g/mol. The topological polar surface area (TPSA) is 185 Å². The Balaban J connectivity index is 2.95. The van der Waals surface area contributed by atoms with Crippen molar-refractivity contribution in [2.45, 2.75) is 5.79 Å². The molecule has 14 heteroatoms. The van der Waals surface area contributed by atoms with Crippen molar-refractivity contribution in [3.05, 3.63) is 30.3 Å². The van der Waals surface area contributed by atoms with Crippen LogP contribution in [0, 0.1) is 30.3 Å². The number of anilines is 1. The molecule has 1 heterocycles. The molecule has 1 N–H and O–H groups in total. The molecule has 0 unspecified atom stereocenters. The first-order chi connectivity index (χ1) is 8.30. The Labute approximate surface area is 97.0 Å². The van der Waals surface area contributed by atoms with Crippen molar-refractivity contribution < 1.29 is 14.8 Å². The van der Waals surface area contributed by atoms with Gasteiger partial charge in [0.2, 0.25) is 6.54 Å². The van der Waals surface area contributed by atoms with Gasteiger partial charge in [-0.15, -0.1) is 5.10 Å². The lowest BCUT2D eigenvalue weighted by Gasteiger charge is -2.08. The Kier molecular flexibility index (Phi) is 3.30. The van der Waals surface area contributed by atoms with Crippen LogP contribution in [0.4, 0.5) is 5.95 Å². The summed E-state index contributed by atoms with van der Waals surface area (Å²) in [6.45, 7) is -1.22. The zero-order valence-electron chi connectivity index (χ0n) is 8.79. The molecule has 98 valence electrons. The molecule has 0 fully saturated rings. The van der Waals surface area contributed by atoms with Crippen molar-refractivity contribution in [2.75, 3.05) is 11.9 Å². The second-order valence-electron chi connectivity index (χ2n) is 3.00. The number of tetrazole rings is 1. The minimum Gasteiger partial charge on any atom is -0.331 e. The first-order valence-corrected chi connectivity index (χ1v) is 4.22. The summed E-state index contributed by atoms with van der Waals surface area (Å²) in [4.78, 5) is 27.8. The molecule has 1 aromatic heterocycles.